The zero-order chi connectivity index (χ0) is 11.0. The van der Waals surface area contributed by atoms with Crippen molar-refractivity contribution in [1.29, 1.82) is 0 Å². The third kappa shape index (κ3) is 1.43. The summed E-state index contributed by atoms with van der Waals surface area (Å²) < 4.78 is 1.04. The third-order valence-electron chi connectivity index (χ3n) is 2.14. The lowest BCUT2D eigenvalue weighted by Gasteiger charge is -1.98. The van der Waals surface area contributed by atoms with E-state index in [1.807, 2.05) is 0 Å². The lowest BCUT2D eigenvalue weighted by molar-refractivity contribution is 0.0697. The molecule has 1 heterocycles. The Balaban J connectivity index is 2.66. The first-order valence-electron chi connectivity index (χ1n) is 4.17. The maximum absolute atomic E-state index is 10.7. The Kier molecular flexibility index (Phi) is 1.93. The molecule has 0 bridgehead atoms. The molecule has 5 nitrogen and oxygen atoms in total. The summed E-state index contributed by atoms with van der Waals surface area (Å²) in [6.45, 7) is 0. The number of hydrogen-bond donors (Lipinski definition) is 2. The Morgan fingerprint density at radius 3 is 2.47 bits per heavy atom. The van der Waals surface area contributed by atoms with Crippen LogP contribution in [0.15, 0.2) is 30.5 Å². The van der Waals surface area contributed by atoms with Crippen LogP contribution in [0.3, 0.4) is 0 Å². The highest BCUT2D eigenvalue weighted by atomic mass is 16.4. The van der Waals surface area contributed by atoms with Gasteiger partial charge in [-0.1, -0.05) is 0 Å². The van der Waals surface area contributed by atoms with Crippen LogP contribution in [0.5, 0.6) is 0 Å². The molecule has 2 N–H and O–H groups in total. The number of carbonyl (C=O) groups is 2. The Morgan fingerprint density at radius 2 is 1.87 bits per heavy atom. The molecule has 0 atom stereocenters. The first-order valence-corrected chi connectivity index (χ1v) is 4.17. The van der Waals surface area contributed by atoms with Gasteiger partial charge in [-0.05, 0) is 24.3 Å². The SMILES string of the molecule is O=C(O)c1ccc2c(ccn2C(=O)O)c1. The van der Waals surface area contributed by atoms with E-state index in [-0.39, 0.29) is 5.56 Å². The molecular formula is C10H7NO4. The van der Waals surface area contributed by atoms with Gasteiger partial charge in [0.2, 0.25) is 0 Å². The Morgan fingerprint density at radius 1 is 1.13 bits per heavy atom. The summed E-state index contributed by atoms with van der Waals surface area (Å²) in [5, 5.41) is 18.1. The van der Waals surface area contributed by atoms with E-state index in [0.29, 0.717) is 10.9 Å². The van der Waals surface area contributed by atoms with Gasteiger partial charge >= 0.3 is 12.1 Å². The van der Waals surface area contributed by atoms with Gasteiger partial charge < -0.3 is 10.2 Å². The Hall–Kier alpha value is -2.30. The first-order chi connectivity index (χ1) is 7.09. The molecule has 5 heteroatoms. The zero-order valence-electron chi connectivity index (χ0n) is 7.54. The molecule has 1 aromatic heterocycles. The maximum atomic E-state index is 10.7. The van der Waals surface area contributed by atoms with Crippen molar-refractivity contribution in [2.24, 2.45) is 0 Å². The quantitative estimate of drug-likeness (QED) is 0.744. The van der Waals surface area contributed by atoms with Gasteiger partial charge in [-0.3, -0.25) is 4.57 Å². The largest absolute Gasteiger partial charge is 0.478 e. The van der Waals surface area contributed by atoms with Crippen molar-refractivity contribution in [3.63, 3.8) is 0 Å². The molecule has 0 aliphatic rings. The van der Waals surface area contributed by atoms with E-state index in [4.69, 9.17) is 10.2 Å². The molecule has 0 aliphatic carbocycles. The van der Waals surface area contributed by atoms with Crippen molar-refractivity contribution in [1.82, 2.24) is 4.57 Å². The molecule has 0 saturated heterocycles. The molecule has 0 aliphatic heterocycles. The van der Waals surface area contributed by atoms with Gasteiger partial charge in [-0.15, -0.1) is 0 Å². The van der Waals surface area contributed by atoms with E-state index >= 15 is 0 Å². The highest BCUT2D eigenvalue weighted by molar-refractivity contribution is 5.95. The number of aromatic carboxylic acids is 1. The van der Waals surface area contributed by atoms with E-state index in [0.717, 1.165) is 4.57 Å². The summed E-state index contributed by atoms with van der Waals surface area (Å²) >= 11 is 0. The van der Waals surface area contributed by atoms with Crippen molar-refractivity contribution in [3.05, 3.63) is 36.0 Å². The van der Waals surface area contributed by atoms with Crippen LogP contribution in [-0.2, 0) is 0 Å². The zero-order valence-corrected chi connectivity index (χ0v) is 7.54. The third-order valence-corrected chi connectivity index (χ3v) is 2.14. The van der Waals surface area contributed by atoms with Crippen LogP contribution >= 0.6 is 0 Å². The molecule has 0 saturated carbocycles. The molecule has 15 heavy (non-hydrogen) atoms. The van der Waals surface area contributed by atoms with E-state index < -0.39 is 12.1 Å². The molecule has 0 radical (unpaired) electrons. The molecule has 0 spiro atoms. The fourth-order valence-corrected chi connectivity index (χ4v) is 1.44. The number of fused-ring (bicyclic) bond motifs is 1. The summed E-state index contributed by atoms with van der Waals surface area (Å²) in [7, 11) is 0. The predicted molar refractivity (Wildman–Crippen MR) is 52.3 cm³/mol. The van der Waals surface area contributed by atoms with Crippen LogP contribution in [-0.4, -0.2) is 26.8 Å². The average molecular weight is 205 g/mol. The normalized spacial score (nSPS) is 10.4. The number of nitrogens with zero attached hydrogens (tertiary/aromatic N) is 1. The molecule has 2 aromatic rings. The van der Waals surface area contributed by atoms with Gasteiger partial charge in [0, 0.05) is 11.6 Å². The number of carboxylic acids is 1. The number of rotatable bonds is 1. The fraction of sp³-hybridized carbons (Fsp3) is 0. The van der Waals surface area contributed by atoms with Crippen molar-refractivity contribution in [2.75, 3.05) is 0 Å². The lowest BCUT2D eigenvalue weighted by atomic mass is 10.1. The minimum absolute atomic E-state index is 0.144. The number of carboxylic acid groups (broad SMARTS) is 2. The van der Waals surface area contributed by atoms with E-state index in [1.165, 1.54) is 24.4 Å². The van der Waals surface area contributed by atoms with Gasteiger partial charge in [-0.25, -0.2) is 9.59 Å². The minimum Gasteiger partial charge on any atom is -0.478 e. The van der Waals surface area contributed by atoms with Crippen LogP contribution < -0.4 is 0 Å². The lowest BCUT2D eigenvalue weighted by Crippen LogP contribution is -2.05. The highest BCUT2D eigenvalue weighted by Crippen LogP contribution is 2.17. The van der Waals surface area contributed by atoms with Crippen LogP contribution in [0.25, 0.3) is 10.9 Å². The summed E-state index contributed by atoms with van der Waals surface area (Å²) in [5.41, 5.74) is 0.623. The number of aromatic nitrogens is 1. The van der Waals surface area contributed by atoms with E-state index in [1.54, 1.807) is 6.07 Å². The van der Waals surface area contributed by atoms with Gasteiger partial charge in [0.05, 0.1) is 11.1 Å². The van der Waals surface area contributed by atoms with E-state index in [2.05, 4.69) is 0 Å². The summed E-state index contributed by atoms with van der Waals surface area (Å²) in [6, 6.07) is 5.87. The minimum atomic E-state index is -1.09. The summed E-state index contributed by atoms with van der Waals surface area (Å²) in [4.78, 5) is 21.4. The van der Waals surface area contributed by atoms with Gasteiger partial charge in [-0.2, -0.15) is 0 Å². The molecule has 2 rings (SSSR count). The summed E-state index contributed by atoms with van der Waals surface area (Å²) in [6.07, 6.45) is 0.298. The molecule has 76 valence electrons. The van der Waals surface area contributed by atoms with Crippen molar-refractivity contribution >= 4 is 23.0 Å². The van der Waals surface area contributed by atoms with Crippen molar-refractivity contribution < 1.29 is 19.8 Å². The van der Waals surface area contributed by atoms with Crippen LogP contribution in [0.1, 0.15) is 10.4 Å². The van der Waals surface area contributed by atoms with Gasteiger partial charge in [0.1, 0.15) is 0 Å². The first kappa shape index (κ1) is 9.26. The molecule has 0 unspecified atom stereocenters. The summed E-state index contributed by atoms with van der Waals surface area (Å²) in [5.74, 6) is -1.03. The molecule has 0 amide bonds. The van der Waals surface area contributed by atoms with Crippen LogP contribution in [0.4, 0.5) is 4.79 Å². The van der Waals surface area contributed by atoms with Crippen molar-refractivity contribution in [2.45, 2.75) is 0 Å². The topological polar surface area (TPSA) is 79.5 Å². The molecular weight excluding hydrogens is 198 g/mol. The maximum Gasteiger partial charge on any atom is 0.415 e. The monoisotopic (exact) mass is 205 g/mol. The smallest absolute Gasteiger partial charge is 0.415 e. The average Bonchev–Trinajstić information content (AvgIpc) is 2.59. The highest BCUT2D eigenvalue weighted by Gasteiger charge is 2.09. The van der Waals surface area contributed by atoms with Crippen LogP contribution in [0, 0.1) is 0 Å². The predicted octanol–water partition coefficient (Wildman–Crippen LogP) is 1.87. The van der Waals surface area contributed by atoms with E-state index in [9.17, 15) is 9.59 Å². The second-order valence-electron chi connectivity index (χ2n) is 3.05. The number of benzene rings is 1. The van der Waals surface area contributed by atoms with Gasteiger partial charge in [0.15, 0.2) is 0 Å². The molecule has 1 aromatic carbocycles. The second-order valence-corrected chi connectivity index (χ2v) is 3.05. The van der Waals surface area contributed by atoms with Crippen molar-refractivity contribution in [3.8, 4) is 0 Å². The van der Waals surface area contributed by atoms with Crippen LogP contribution in [0.2, 0.25) is 0 Å². The molecule has 0 fully saturated rings. The fourth-order valence-electron chi connectivity index (χ4n) is 1.44. The second kappa shape index (κ2) is 3.13. The van der Waals surface area contributed by atoms with Gasteiger partial charge in [0.25, 0.3) is 0 Å². The standard InChI is InChI=1S/C10H7NO4/c12-9(13)7-1-2-8-6(5-7)3-4-11(8)10(14)15/h1-5H,(H,12,13)(H,14,15). The Bertz CT molecular complexity index is 556. The number of hydrogen-bond acceptors (Lipinski definition) is 2. The Labute approximate surface area is 84.2 Å².